The number of rotatable bonds is 3. The van der Waals surface area contributed by atoms with Gasteiger partial charge in [-0.25, -0.2) is 4.79 Å². The Morgan fingerprint density at radius 1 is 1.45 bits per heavy atom. The van der Waals surface area contributed by atoms with E-state index in [1.165, 1.54) is 7.11 Å². The lowest BCUT2D eigenvalue weighted by atomic mass is 10.0. The predicted molar refractivity (Wildman–Crippen MR) is 83.5 cm³/mol. The molecule has 1 heterocycles. The van der Waals surface area contributed by atoms with Crippen molar-refractivity contribution in [2.75, 3.05) is 21.2 Å². The molecule has 0 bridgehead atoms. The van der Waals surface area contributed by atoms with Gasteiger partial charge >= 0.3 is 5.97 Å². The van der Waals surface area contributed by atoms with E-state index in [-0.39, 0.29) is 5.97 Å². The standard InChI is InChI=1S/C15H15BrN2O2/c1-18(2)8-6-10-12(15(19)20-3)9-13(16)11-5-4-7-17-14(10)11/h4-9H,1-3H3/b8-6-. The normalized spacial score (nSPS) is 11.0. The molecule has 0 saturated carbocycles. The van der Waals surface area contributed by atoms with Gasteiger partial charge in [-0.3, -0.25) is 4.98 Å². The maximum atomic E-state index is 12.0. The number of aromatic nitrogens is 1. The van der Waals surface area contributed by atoms with Crippen molar-refractivity contribution in [2.24, 2.45) is 0 Å². The van der Waals surface area contributed by atoms with E-state index < -0.39 is 0 Å². The first kappa shape index (κ1) is 14.5. The van der Waals surface area contributed by atoms with E-state index in [1.54, 1.807) is 12.3 Å². The molecule has 0 N–H and O–H groups in total. The molecule has 0 aliphatic carbocycles. The fourth-order valence-corrected chi connectivity index (χ4v) is 2.44. The maximum Gasteiger partial charge on any atom is 0.338 e. The minimum atomic E-state index is -0.378. The number of carbonyl (C=O) groups is 1. The van der Waals surface area contributed by atoms with Crippen LogP contribution in [0.3, 0.4) is 0 Å². The maximum absolute atomic E-state index is 12.0. The smallest absolute Gasteiger partial charge is 0.338 e. The van der Waals surface area contributed by atoms with Gasteiger partial charge in [0, 0.05) is 35.7 Å². The highest BCUT2D eigenvalue weighted by Crippen LogP contribution is 2.30. The SMILES string of the molecule is COC(=O)c1cc(Br)c2cccnc2c1/C=C\N(C)C. The van der Waals surface area contributed by atoms with Crippen molar-refractivity contribution >= 4 is 38.9 Å². The number of esters is 1. The molecule has 1 aromatic carbocycles. The molecule has 0 saturated heterocycles. The third-order valence-corrected chi connectivity index (χ3v) is 3.48. The van der Waals surface area contributed by atoms with Crippen LogP contribution in [0.2, 0.25) is 0 Å². The summed E-state index contributed by atoms with van der Waals surface area (Å²) >= 11 is 3.48. The number of halogens is 1. The molecule has 2 rings (SSSR count). The Morgan fingerprint density at radius 3 is 2.85 bits per heavy atom. The molecule has 0 fully saturated rings. The average molecular weight is 335 g/mol. The summed E-state index contributed by atoms with van der Waals surface area (Å²) < 4.78 is 5.67. The predicted octanol–water partition coefficient (Wildman–Crippen LogP) is 3.32. The molecule has 4 nitrogen and oxygen atoms in total. The highest BCUT2D eigenvalue weighted by atomic mass is 79.9. The van der Waals surface area contributed by atoms with Crippen LogP contribution in [0.25, 0.3) is 17.0 Å². The van der Waals surface area contributed by atoms with Crippen LogP contribution >= 0.6 is 15.9 Å². The minimum absolute atomic E-state index is 0.378. The zero-order valence-corrected chi connectivity index (χ0v) is 13.1. The summed E-state index contributed by atoms with van der Waals surface area (Å²) in [5.74, 6) is -0.378. The highest BCUT2D eigenvalue weighted by molar-refractivity contribution is 9.10. The van der Waals surface area contributed by atoms with Crippen LogP contribution in [-0.4, -0.2) is 37.1 Å². The van der Waals surface area contributed by atoms with Crippen LogP contribution in [0.4, 0.5) is 0 Å². The van der Waals surface area contributed by atoms with Gasteiger partial charge in [-0.05, 0) is 24.4 Å². The zero-order valence-electron chi connectivity index (χ0n) is 11.6. The molecule has 20 heavy (non-hydrogen) atoms. The second kappa shape index (κ2) is 6.05. The molecule has 0 aliphatic rings. The molecular formula is C15H15BrN2O2. The van der Waals surface area contributed by atoms with Gasteiger partial charge in [-0.1, -0.05) is 22.0 Å². The number of fused-ring (bicyclic) bond motifs is 1. The minimum Gasteiger partial charge on any atom is -0.465 e. The Kier molecular flexibility index (Phi) is 4.39. The Hall–Kier alpha value is -1.88. The molecule has 0 aliphatic heterocycles. The lowest BCUT2D eigenvalue weighted by Gasteiger charge is -2.11. The van der Waals surface area contributed by atoms with E-state index in [1.807, 2.05) is 43.4 Å². The van der Waals surface area contributed by atoms with Crippen LogP contribution in [0.1, 0.15) is 15.9 Å². The largest absolute Gasteiger partial charge is 0.465 e. The summed E-state index contributed by atoms with van der Waals surface area (Å²) in [6.07, 6.45) is 5.46. The van der Waals surface area contributed by atoms with Crippen molar-refractivity contribution in [3.8, 4) is 0 Å². The van der Waals surface area contributed by atoms with Gasteiger partial charge in [0.25, 0.3) is 0 Å². The molecule has 0 atom stereocenters. The number of benzene rings is 1. The van der Waals surface area contributed by atoms with Gasteiger partial charge < -0.3 is 9.64 Å². The van der Waals surface area contributed by atoms with E-state index in [9.17, 15) is 4.79 Å². The second-order valence-electron chi connectivity index (χ2n) is 4.49. The number of ether oxygens (including phenoxy) is 1. The summed E-state index contributed by atoms with van der Waals surface area (Å²) in [5.41, 5.74) is 2.01. The number of nitrogens with zero attached hydrogens (tertiary/aromatic N) is 2. The number of methoxy groups -OCH3 is 1. The molecule has 2 aromatic rings. The Bertz CT molecular complexity index is 681. The monoisotopic (exact) mass is 334 g/mol. The average Bonchev–Trinajstić information content (AvgIpc) is 2.45. The number of pyridine rings is 1. The number of carbonyl (C=O) groups excluding carboxylic acids is 1. The van der Waals surface area contributed by atoms with E-state index >= 15 is 0 Å². The van der Waals surface area contributed by atoms with E-state index in [0.717, 1.165) is 20.9 Å². The van der Waals surface area contributed by atoms with Crippen LogP contribution < -0.4 is 0 Å². The first-order chi connectivity index (χ1) is 9.54. The second-order valence-corrected chi connectivity index (χ2v) is 5.34. The van der Waals surface area contributed by atoms with Crippen molar-refractivity contribution in [3.63, 3.8) is 0 Å². The quantitative estimate of drug-likeness (QED) is 0.807. The molecule has 0 unspecified atom stereocenters. The van der Waals surface area contributed by atoms with Crippen LogP contribution in [-0.2, 0) is 4.74 Å². The van der Waals surface area contributed by atoms with Gasteiger partial charge in [-0.2, -0.15) is 0 Å². The van der Waals surface area contributed by atoms with Crippen molar-refractivity contribution in [3.05, 3.63) is 46.2 Å². The summed E-state index contributed by atoms with van der Waals surface area (Å²) in [6.45, 7) is 0. The fraction of sp³-hybridized carbons (Fsp3) is 0.200. The molecule has 5 heteroatoms. The van der Waals surface area contributed by atoms with E-state index in [4.69, 9.17) is 4.74 Å². The molecule has 1 aromatic heterocycles. The van der Waals surface area contributed by atoms with Crippen LogP contribution in [0, 0.1) is 0 Å². The van der Waals surface area contributed by atoms with Crippen LogP contribution in [0.15, 0.2) is 35.1 Å². The van der Waals surface area contributed by atoms with Crippen molar-refractivity contribution in [1.82, 2.24) is 9.88 Å². The summed E-state index contributed by atoms with van der Waals surface area (Å²) in [7, 11) is 5.21. The zero-order chi connectivity index (χ0) is 14.7. The van der Waals surface area contributed by atoms with Crippen molar-refractivity contribution in [2.45, 2.75) is 0 Å². The van der Waals surface area contributed by atoms with Crippen LogP contribution in [0.5, 0.6) is 0 Å². The van der Waals surface area contributed by atoms with Gasteiger partial charge in [-0.15, -0.1) is 0 Å². The van der Waals surface area contributed by atoms with Gasteiger partial charge in [0.15, 0.2) is 0 Å². The van der Waals surface area contributed by atoms with Crippen molar-refractivity contribution in [1.29, 1.82) is 0 Å². The lowest BCUT2D eigenvalue weighted by Crippen LogP contribution is -2.06. The lowest BCUT2D eigenvalue weighted by molar-refractivity contribution is 0.0600. The van der Waals surface area contributed by atoms with E-state index in [0.29, 0.717) is 5.56 Å². The summed E-state index contributed by atoms with van der Waals surface area (Å²) in [5, 5.41) is 0.957. The van der Waals surface area contributed by atoms with Gasteiger partial charge in [0.2, 0.25) is 0 Å². The van der Waals surface area contributed by atoms with Gasteiger partial charge in [0.1, 0.15) is 0 Å². The Balaban J connectivity index is 2.77. The summed E-state index contributed by atoms with van der Waals surface area (Å²) in [4.78, 5) is 18.2. The van der Waals surface area contributed by atoms with Crippen molar-refractivity contribution < 1.29 is 9.53 Å². The van der Waals surface area contributed by atoms with Gasteiger partial charge in [0.05, 0.1) is 18.2 Å². The third-order valence-electron chi connectivity index (χ3n) is 2.83. The Morgan fingerprint density at radius 2 is 2.20 bits per heavy atom. The highest BCUT2D eigenvalue weighted by Gasteiger charge is 2.16. The molecule has 0 amide bonds. The number of hydrogen-bond acceptors (Lipinski definition) is 4. The first-order valence-electron chi connectivity index (χ1n) is 6.04. The fourth-order valence-electron chi connectivity index (χ4n) is 1.89. The topological polar surface area (TPSA) is 42.4 Å². The molecule has 0 radical (unpaired) electrons. The molecular weight excluding hydrogens is 320 g/mol. The Labute approximate surface area is 126 Å². The molecule has 104 valence electrons. The first-order valence-corrected chi connectivity index (χ1v) is 6.84. The van der Waals surface area contributed by atoms with E-state index in [2.05, 4.69) is 20.9 Å². The molecule has 0 spiro atoms. The third kappa shape index (κ3) is 2.82. The summed E-state index contributed by atoms with van der Waals surface area (Å²) in [6, 6.07) is 5.59. The number of hydrogen-bond donors (Lipinski definition) is 0.